The van der Waals surface area contributed by atoms with Gasteiger partial charge in [-0.15, -0.1) is 0 Å². The summed E-state index contributed by atoms with van der Waals surface area (Å²) in [7, 11) is 0. The first kappa shape index (κ1) is 11.4. The molecule has 88 valence electrons. The second-order valence-corrected chi connectivity index (χ2v) is 4.82. The van der Waals surface area contributed by atoms with E-state index in [0.29, 0.717) is 12.0 Å². The van der Waals surface area contributed by atoms with E-state index in [1.165, 1.54) is 12.1 Å². The van der Waals surface area contributed by atoms with Gasteiger partial charge in [-0.3, -0.25) is 4.98 Å². The van der Waals surface area contributed by atoms with Crippen LogP contribution in [-0.2, 0) is 0 Å². The lowest BCUT2D eigenvalue weighted by Crippen LogP contribution is -2.41. The maximum absolute atomic E-state index is 4.20. The number of pyridine rings is 1. The Balaban J connectivity index is 2.09. The smallest absolute Gasteiger partial charge is 0.0553 e. The van der Waals surface area contributed by atoms with E-state index in [9.17, 15) is 0 Å². The molecule has 0 saturated carbocycles. The summed E-state index contributed by atoms with van der Waals surface area (Å²) in [6, 6.07) is 4.75. The number of rotatable bonds is 2. The van der Waals surface area contributed by atoms with Crippen molar-refractivity contribution in [3.05, 3.63) is 24.5 Å². The maximum Gasteiger partial charge on any atom is 0.0553 e. The second-order valence-electron chi connectivity index (χ2n) is 4.82. The SMILES string of the molecule is CC(C)C1CN(c2cccnc2)CCCN1. The summed E-state index contributed by atoms with van der Waals surface area (Å²) in [6.45, 7) is 7.90. The fourth-order valence-corrected chi connectivity index (χ4v) is 2.17. The third-order valence-electron chi connectivity index (χ3n) is 3.24. The fourth-order valence-electron chi connectivity index (χ4n) is 2.17. The van der Waals surface area contributed by atoms with Crippen LogP contribution < -0.4 is 10.2 Å². The third kappa shape index (κ3) is 2.73. The van der Waals surface area contributed by atoms with Gasteiger partial charge in [0, 0.05) is 25.3 Å². The topological polar surface area (TPSA) is 28.2 Å². The molecule has 0 amide bonds. The van der Waals surface area contributed by atoms with Crippen LogP contribution in [-0.4, -0.2) is 30.7 Å². The van der Waals surface area contributed by atoms with Gasteiger partial charge in [0.25, 0.3) is 0 Å². The van der Waals surface area contributed by atoms with Crippen LogP contribution >= 0.6 is 0 Å². The van der Waals surface area contributed by atoms with Gasteiger partial charge in [0.05, 0.1) is 11.9 Å². The Morgan fingerprint density at radius 1 is 1.50 bits per heavy atom. The van der Waals surface area contributed by atoms with E-state index in [4.69, 9.17) is 0 Å². The first-order valence-corrected chi connectivity index (χ1v) is 6.15. The summed E-state index contributed by atoms with van der Waals surface area (Å²) in [5.74, 6) is 0.678. The average Bonchev–Trinajstić information content (AvgIpc) is 2.56. The highest BCUT2D eigenvalue weighted by Crippen LogP contribution is 2.16. The Morgan fingerprint density at radius 2 is 2.38 bits per heavy atom. The van der Waals surface area contributed by atoms with Gasteiger partial charge in [0.1, 0.15) is 0 Å². The van der Waals surface area contributed by atoms with Gasteiger partial charge < -0.3 is 10.2 Å². The lowest BCUT2D eigenvalue weighted by Gasteiger charge is -2.28. The lowest BCUT2D eigenvalue weighted by atomic mass is 10.0. The van der Waals surface area contributed by atoms with Crippen LogP contribution in [0.1, 0.15) is 20.3 Å². The van der Waals surface area contributed by atoms with Crippen molar-refractivity contribution in [2.45, 2.75) is 26.3 Å². The Hall–Kier alpha value is -1.09. The van der Waals surface area contributed by atoms with E-state index in [0.717, 1.165) is 19.6 Å². The van der Waals surface area contributed by atoms with Crippen molar-refractivity contribution >= 4 is 5.69 Å². The molecule has 1 aromatic heterocycles. The summed E-state index contributed by atoms with van der Waals surface area (Å²) >= 11 is 0. The standard InChI is InChI=1S/C13H21N3/c1-11(2)13-10-16(8-4-7-15-13)12-5-3-6-14-9-12/h3,5-6,9,11,13,15H,4,7-8,10H2,1-2H3. The average molecular weight is 219 g/mol. The van der Waals surface area contributed by atoms with Crippen molar-refractivity contribution in [1.82, 2.24) is 10.3 Å². The van der Waals surface area contributed by atoms with E-state index < -0.39 is 0 Å². The minimum Gasteiger partial charge on any atom is -0.369 e. The number of hydrogen-bond acceptors (Lipinski definition) is 3. The normalized spacial score (nSPS) is 22.2. The van der Waals surface area contributed by atoms with Crippen molar-refractivity contribution < 1.29 is 0 Å². The van der Waals surface area contributed by atoms with Crippen LogP contribution in [0.15, 0.2) is 24.5 Å². The predicted octanol–water partition coefficient (Wildman–Crippen LogP) is 1.91. The van der Waals surface area contributed by atoms with Gasteiger partial charge in [-0.2, -0.15) is 0 Å². The van der Waals surface area contributed by atoms with Crippen LogP contribution in [0, 0.1) is 5.92 Å². The Kier molecular flexibility index (Phi) is 3.78. The molecule has 2 rings (SSSR count). The van der Waals surface area contributed by atoms with Gasteiger partial charge in [0.15, 0.2) is 0 Å². The summed E-state index contributed by atoms with van der Waals surface area (Å²) in [6.07, 6.45) is 5.00. The minimum atomic E-state index is 0.586. The molecule has 1 N–H and O–H groups in total. The molecule has 1 aliphatic heterocycles. The number of nitrogens with zero attached hydrogens (tertiary/aromatic N) is 2. The molecule has 3 nitrogen and oxygen atoms in total. The van der Waals surface area contributed by atoms with Crippen LogP contribution in [0.2, 0.25) is 0 Å². The first-order valence-electron chi connectivity index (χ1n) is 6.15. The summed E-state index contributed by atoms with van der Waals surface area (Å²) in [5.41, 5.74) is 1.25. The van der Waals surface area contributed by atoms with Crippen LogP contribution in [0.3, 0.4) is 0 Å². The molecule has 0 spiro atoms. The highest BCUT2D eigenvalue weighted by Gasteiger charge is 2.20. The minimum absolute atomic E-state index is 0.586. The fraction of sp³-hybridized carbons (Fsp3) is 0.615. The molecule has 0 aliphatic carbocycles. The monoisotopic (exact) mass is 219 g/mol. The zero-order valence-electron chi connectivity index (χ0n) is 10.2. The van der Waals surface area contributed by atoms with E-state index in [2.05, 4.69) is 35.1 Å². The quantitative estimate of drug-likeness (QED) is 0.823. The van der Waals surface area contributed by atoms with Gasteiger partial charge in [-0.05, 0) is 31.0 Å². The van der Waals surface area contributed by atoms with Crippen LogP contribution in [0.5, 0.6) is 0 Å². The molecular weight excluding hydrogens is 198 g/mol. The Bertz CT molecular complexity index is 310. The molecule has 0 radical (unpaired) electrons. The van der Waals surface area contributed by atoms with E-state index >= 15 is 0 Å². The molecule has 3 heteroatoms. The van der Waals surface area contributed by atoms with Gasteiger partial charge in [-0.1, -0.05) is 13.8 Å². The third-order valence-corrected chi connectivity index (χ3v) is 3.24. The van der Waals surface area contributed by atoms with Crippen LogP contribution in [0.4, 0.5) is 5.69 Å². The molecule has 1 saturated heterocycles. The number of aromatic nitrogens is 1. The molecule has 0 bridgehead atoms. The first-order chi connectivity index (χ1) is 7.77. The molecule has 1 fully saturated rings. The van der Waals surface area contributed by atoms with Crippen LogP contribution in [0.25, 0.3) is 0 Å². The largest absolute Gasteiger partial charge is 0.369 e. The van der Waals surface area contributed by atoms with Gasteiger partial charge in [0.2, 0.25) is 0 Å². The number of anilines is 1. The molecular formula is C13H21N3. The van der Waals surface area contributed by atoms with Gasteiger partial charge >= 0.3 is 0 Å². The Labute approximate surface area is 97.9 Å². The van der Waals surface area contributed by atoms with Crippen molar-refractivity contribution in [2.75, 3.05) is 24.5 Å². The summed E-state index contributed by atoms with van der Waals surface area (Å²) in [5, 5.41) is 3.62. The van der Waals surface area contributed by atoms with E-state index in [1.807, 2.05) is 18.5 Å². The van der Waals surface area contributed by atoms with Crippen molar-refractivity contribution in [1.29, 1.82) is 0 Å². The van der Waals surface area contributed by atoms with E-state index in [-0.39, 0.29) is 0 Å². The van der Waals surface area contributed by atoms with Crippen molar-refractivity contribution in [3.8, 4) is 0 Å². The summed E-state index contributed by atoms with van der Waals surface area (Å²) in [4.78, 5) is 6.64. The molecule has 16 heavy (non-hydrogen) atoms. The molecule has 0 aromatic carbocycles. The summed E-state index contributed by atoms with van der Waals surface area (Å²) < 4.78 is 0. The molecule has 1 unspecified atom stereocenters. The van der Waals surface area contributed by atoms with Crippen molar-refractivity contribution in [3.63, 3.8) is 0 Å². The molecule has 1 aliphatic rings. The molecule has 1 atom stereocenters. The van der Waals surface area contributed by atoms with E-state index in [1.54, 1.807) is 0 Å². The highest BCUT2D eigenvalue weighted by molar-refractivity contribution is 5.44. The number of nitrogens with one attached hydrogen (secondary N) is 1. The lowest BCUT2D eigenvalue weighted by molar-refractivity contribution is 0.420. The number of hydrogen-bond donors (Lipinski definition) is 1. The predicted molar refractivity (Wildman–Crippen MR) is 67.7 cm³/mol. The zero-order chi connectivity index (χ0) is 11.4. The maximum atomic E-state index is 4.20. The second kappa shape index (κ2) is 5.30. The van der Waals surface area contributed by atoms with Crippen molar-refractivity contribution in [2.24, 2.45) is 5.92 Å². The zero-order valence-corrected chi connectivity index (χ0v) is 10.2. The molecule has 1 aromatic rings. The van der Waals surface area contributed by atoms with Gasteiger partial charge in [-0.25, -0.2) is 0 Å². The highest BCUT2D eigenvalue weighted by atomic mass is 15.2. The molecule has 2 heterocycles. The Morgan fingerprint density at radius 3 is 3.06 bits per heavy atom.